The molecule has 2 aromatic rings. The summed E-state index contributed by atoms with van der Waals surface area (Å²) in [6.07, 6.45) is 0. The van der Waals surface area contributed by atoms with Crippen molar-refractivity contribution in [3.63, 3.8) is 0 Å². The van der Waals surface area contributed by atoms with Crippen LogP contribution >= 0.6 is 11.6 Å². The Kier molecular flexibility index (Phi) is 2.87. The van der Waals surface area contributed by atoms with Crippen LogP contribution in [-0.4, -0.2) is 16.8 Å². The van der Waals surface area contributed by atoms with Gasteiger partial charge < -0.3 is 9.42 Å². The number of Topliss-reactive ketones (excluding diaryl/α,β-unsaturated/α-hetero) is 1. The van der Waals surface area contributed by atoms with E-state index < -0.39 is 11.7 Å². The fraction of sp³-hybridized carbons (Fsp3) is 0.214. The van der Waals surface area contributed by atoms with E-state index >= 15 is 0 Å². The minimum atomic E-state index is -0.553. The minimum absolute atomic E-state index is 0.264. The average Bonchev–Trinajstić information content (AvgIpc) is 2.85. The van der Waals surface area contributed by atoms with Gasteiger partial charge in [0.05, 0.1) is 23.5 Å². The molecule has 1 aromatic carbocycles. The maximum absolute atomic E-state index is 12.1. The van der Waals surface area contributed by atoms with E-state index in [1.54, 1.807) is 26.0 Å². The summed E-state index contributed by atoms with van der Waals surface area (Å²) in [6.45, 7) is 3.85. The van der Waals surface area contributed by atoms with Crippen molar-refractivity contribution in [3.05, 3.63) is 45.8 Å². The van der Waals surface area contributed by atoms with Crippen LogP contribution in [0.1, 0.15) is 27.4 Å². The molecule has 6 heteroatoms. The molecular formula is C14H11ClN2O3. The number of anilines is 1. The van der Waals surface area contributed by atoms with Crippen LogP contribution < -0.4 is 4.90 Å². The molecule has 1 amide bonds. The lowest BCUT2D eigenvalue weighted by Crippen LogP contribution is -2.29. The highest BCUT2D eigenvalue weighted by atomic mass is 35.5. The minimum Gasteiger partial charge on any atom is -0.361 e. The number of carbonyl (C=O) groups is 2. The van der Waals surface area contributed by atoms with Crippen LogP contribution in [0.2, 0.25) is 5.02 Å². The molecule has 3 rings (SSSR count). The van der Waals surface area contributed by atoms with Crippen molar-refractivity contribution < 1.29 is 14.1 Å². The van der Waals surface area contributed by atoms with Gasteiger partial charge in [0.1, 0.15) is 5.76 Å². The third-order valence-corrected chi connectivity index (χ3v) is 3.67. The molecule has 5 nitrogen and oxygen atoms in total. The van der Waals surface area contributed by atoms with Gasteiger partial charge in [-0.2, -0.15) is 0 Å². The van der Waals surface area contributed by atoms with Crippen LogP contribution in [0, 0.1) is 13.8 Å². The lowest BCUT2D eigenvalue weighted by Gasteiger charge is -2.16. The third-order valence-electron chi connectivity index (χ3n) is 3.43. The molecule has 20 heavy (non-hydrogen) atoms. The first-order valence-electron chi connectivity index (χ1n) is 6.06. The average molecular weight is 291 g/mol. The molecule has 0 bridgehead atoms. The number of halogens is 1. The zero-order valence-corrected chi connectivity index (χ0v) is 11.7. The molecule has 0 unspecified atom stereocenters. The first-order chi connectivity index (χ1) is 9.49. The van der Waals surface area contributed by atoms with Crippen LogP contribution in [0.4, 0.5) is 5.69 Å². The molecule has 102 valence electrons. The van der Waals surface area contributed by atoms with E-state index in [9.17, 15) is 9.59 Å². The van der Waals surface area contributed by atoms with Crippen molar-refractivity contribution in [2.45, 2.75) is 20.4 Å². The molecule has 0 radical (unpaired) electrons. The SMILES string of the molecule is Cc1noc(C)c1CN1C(=O)C(=O)c2cc(Cl)ccc21. The Morgan fingerprint density at radius 1 is 1.30 bits per heavy atom. The van der Waals surface area contributed by atoms with E-state index in [1.165, 1.54) is 11.0 Å². The van der Waals surface area contributed by atoms with E-state index in [0.717, 1.165) is 5.56 Å². The Bertz CT molecular complexity index is 717. The Morgan fingerprint density at radius 2 is 2.05 bits per heavy atom. The monoisotopic (exact) mass is 290 g/mol. The van der Waals surface area contributed by atoms with Gasteiger partial charge in [0.2, 0.25) is 0 Å². The lowest BCUT2D eigenvalue weighted by atomic mass is 10.1. The fourth-order valence-corrected chi connectivity index (χ4v) is 2.49. The summed E-state index contributed by atoms with van der Waals surface area (Å²) in [5, 5.41) is 4.29. The standard InChI is InChI=1S/C14H11ClN2O3/c1-7-11(8(2)20-16-7)6-17-12-4-3-9(15)5-10(12)13(18)14(17)19/h3-5H,6H2,1-2H3. The van der Waals surface area contributed by atoms with Gasteiger partial charge in [0.25, 0.3) is 11.7 Å². The second-order valence-corrected chi connectivity index (χ2v) is 5.12. The van der Waals surface area contributed by atoms with Crippen LogP contribution in [0.5, 0.6) is 0 Å². The number of nitrogens with zero attached hydrogens (tertiary/aromatic N) is 2. The zero-order chi connectivity index (χ0) is 14.4. The topological polar surface area (TPSA) is 63.4 Å². The highest BCUT2D eigenvalue weighted by molar-refractivity contribution is 6.52. The molecule has 0 N–H and O–H groups in total. The maximum Gasteiger partial charge on any atom is 0.299 e. The summed E-state index contributed by atoms with van der Waals surface area (Å²) in [5.74, 6) is -0.443. The second-order valence-electron chi connectivity index (χ2n) is 4.68. The first-order valence-corrected chi connectivity index (χ1v) is 6.44. The lowest BCUT2D eigenvalue weighted by molar-refractivity contribution is -0.114. The number of ketones is 1. The molecule has 1 aromatic heterocycles. The van der Waals surface area contributed by atoms with Crippen LogP contribution in [0.15, 0.2) is 22.7 Å². The molecule has 1 aliphatic heterocycles. The number of fused-ring (bicyclic) bond motifs is 1. The Balaban J connectivity index is 2.04. The molecule has 0 aliphatic carbocycles. The summed E-state index contributed by atoms with van der Waals surface area (Å²) in [6, 6.07) is 4.86. The molecule has 0 saturated heterocycles. The Morgan fingerprint density at radius 3 is 2.70 bits per heavy atom. The molecule has 0 spiro atoms. The number of hydrogen-bond donors (Lipinski definition) is 0. The Hall–Kier alpha value is -2.14. The van der Waals surface area contributed by atoms with Crippen molar-refractivity contribution in [1.29, 1.82) is 0 Å². The van der Waals surface area contributed by atoms with Crippen molar-refractivity contribution in [3.8, 4) is 0 Å². The smallest absolute Gasteiger partial charge is 0.299 e. The van der Waals surface area contributed by atoms with Crippen LogP contribution in [0.25, 0.3) is 0 Å². The van der Waals surface area contributed by atoms with Crippen molar-refractivity contribution in [2.24, 2.45) is 0 Å². The van der Waals surface area contributed by atoms with E-state index in [2.05, 4.69) is 5.16 Å². The predicted molar refractivity (Wildman–Crippen MR) is 72.9 cm³/mol. The second kappa shape index (κ2) is 4.45. The Labute approximate surface area is 120 Å². The van der Waals surface area contributed by atoms with E-state index in [1.807, 2.05) is 0 Å². The zero-order valence-electron chi connectivity index (χ0n) is 10.9. The molecular weight excluding hydrogens is 280 g/mol. The highest BCUT2D eigenvalue weighted by Crippen LogP contribution is 2.33. The van der Waals surface area contributed by atoms with Gasteiger partial charge in [-0.1, -0.05) is 16.8 Å². The number of carbonyl (C=O) groups excluding carboxylic acids is 2. The van der Waals surface area contributed by atoms with Gasteiger partial charge in [-0.15, -0.1) is 0 Å². The fourth-order valence-electron chi connectivity index (χ4n) is 2.32. The number of amides is 1. The maximum atomic E-state index is 12.1. The third kappa shape index (κ3) is 1.82. The molecule has 0 saturated carbocycles. The van der Waals surface area contributed by atoms with Gasteiger partial charge in [-0.3, -0.25) is 9.59 Å². The quantitative estimate of drug-likeness (QED) is 0.798. The number of aryl methyl sites for hydroxylation is 2. The van der Waals surface area contributed by atoms with E-state index in [-0.39, 0.29) is 6.54 Å². The predicted octanol–water partition coefficient (Wildman–Crippen LogP) is 2.67. The van der Waals surface area contributed by atoms with Crippen LogP contribution in [-0.2, 0) is 11.3 Å². The van der Waals surface area contributed by atoms with Crippen molar-refractivity contribution in [2.75, 3.05) is 4.90 Å². The van der Waals surface area contributed by atoms with Crippen LogP contribution in [0.3, 0.4) is 0 Å². The summed E-state index contributed by atoms with van der Waals surface area (Å²) < 4.78 is 5.08. The van der Waals surface area contributed by atoms with Gasteiger partial charge in [0, 0.05) is 10.6 Å². The molecule has 0 atom stereocenters. The van der Waals surface area contributed by atoms with Gasteiger partial charge in [-0.05, 0) is 32.0 Å². The number of benzene rings is 1. The van der Waals surface area contributed by atoms with Gasteiger partial charge in [0.15, 0.2) is 0 Å². The summed E-state index contributed by atoms with van der Waals surface area (Å²) in [5.41, 5.74) is 2.44. The number of aromatic nitrogens is 1. The van der Waals surface area contributed by atoms with E-state index in [0.29, 0.717) is 27.7 Å². The largest absolute Gasteiger partial charge is 0.361 e. The molecule has 2 heterocycles. The van der Waals surface area contributed by atoms with Crippen molar-refractivity contribution in [1.82, 2.24) is 5.16 Å². The van der Waals surface area contributed by atoms with E-state index in [4.69, 9.17) is 16.1 Å². The highest BCUT2D eigenvalue weighted by Gasteiger charge is 2.36. The summed E-state index contributed by atoms with van der Waals surface area (Å²) in [7, 11) is 0. The normalized spacial score (nSPS) is 14.1. The number of hydrogen-bond acceptors (Lipinski definition) is 4. The molecule has 0 fully saturated rings. The number of rotatable bonds is 2. The molecule has 1 aliphatic rings. The summed E-state index contributed by atoms with van der Waals surface area (Å²) >= 11 is 5.87. The summed E-state index contributed by atoms with van der Waals surface area (Å²) in [4.78, 5) is 25.5. The van der Waals surface area contributed by atoms with Crippen molar-refractivity contribution >= 4 is 29.0 Å². The van der Waals surface area contributed by atoms with Gasteiger partial charge >= 0.3 is 0 Å². The van der Waals surface area contributed by atoms with Gasteiger partial charge in [-0.25, -0.2) is 0 Å². The first kappa shape index (κ1) is 12.9.